The van der Waals surface area contributed by atoms with E-state index in [9.17, 15) is 0 Å². The predicted molar refractivity (Wildman–Crippen MR) is 83.6 cm³/mol. The molecule has 0 atom stereocenters. The third-order valence-electron chi connectivity index (χ3n) is 2.52. The van der Waals surface area contributed by atoms with Gasteiger partial charge < -0.3 is 20.5 Å². The molecule has 0 aliphatic rings. The lowest BCUT2D eigenvalue weighted by Crippen LogP contribution is -2.11. The van der Waals surface area contributed by atoms with Crippen molar-refractivity contribution < 1.29 is 9.47 Å². The van der Waals surface area contributed by atoms with E-state index in [-0.39, 0.29) is 0 Å². The van der Waals surface area contributed by atoms with Crippen molar-refractivity contribution in [2.75, 3.05) is 44.5 Å². The summed E-state index contributed by atoms with van der Waals surface area (Å²) >= 11 is 2.92. The molecule has 6 nitrogen and oxygen atoms in total. The minimum absolute atomic E-state index is 0.521. The SMILES string of the molecule is COCCOCCNc1snc(N)c1-c1nc(C)cs1. The molecule has 0 aliphatic carbocycles. The van der Waals surface area contributed by atoms with Crippen LogP contribution in [-0.2, 0) is 9.47 Å². The van der Waals surface area contributed by atoms with Crippen molar-refractivity contribution in [3.05, 3.63) is 11.1 Å². The van der Waals surface area contributed by atoms with Crippen LogP contribution < -0.4 is 11.1 Å². The molecule has 0 aliphatic heterocycles. The second kappa shape index (κ2) is 7.53. The molecular weight excluding hydrogens is 296 g/mol. The van der Waals surface area contributed by atoms with Gasteiger partial charge in [0.15, 0.2) is 0 Å². The lowest BCUT2D eigenvalue weighted by atomic mass is 10.3. The second-order valence-corrected chi connectivity index (χ2v) is 5.73. The molecule has 8 heteroatoms. The van der Waals surface area contributed by atoms with Gasteiger partial charge >= 0.3 is 0 Å². The van der Waals surface area contributed by atoms with E-state index in [4.69, 9.17) is 15.2 Å². The van der Waals surface area contributed by atoms with Gasteiger partial charge in [-0.25, -0.2) is 4.98 Å². The molecular formula is C12H18N4O2S2. The van der Waals surface area contributed by atoms with Gasteiger partial charge in [-0.15, -0.1) is 11.3 Å². The summed E-state index contributed by atoms with van der Waals surface area (Å²) in [4.78, 5) is 4.46. The number of ether oxygens (including phenoxy) is 2. The number of hydrogen-bond donors (Lipinski definition) is 2. The topological polar surface area (TPSA) is 82.3 Å². The first kappa shape index (κ1) is 15.2. The first-order valence-electron chi connectivity index (χ1n) is 6.20. The second-order valence-electron chi connectivity index (χ2n) is 4.10. The van der Waals surface area contributed by atoms with Gasteiger partial charge in [-0.3, -0.25) is 0 Å². The van der Waals surface area contributed by atoms with Crippen molar-refractivity contribution in [3.8, 4) is 10.6 Å². The quantitative estimate of drug-likeness (QED) is 0.727. The molecule has 0 aromatic carbocycles. The number of nitrogens with one attached hydrogen (secondary N) is 1. The highest BCUT2D eigenvalue weighted by atomic mass is 32.1. The highest BCUT2D eigenvalue weighted by Gasteiger charge is 2.16. The van der Waals surface area contributed by atoms with E-state index in [0.29, 0.717) is 32.2 Å². The van der Waals surface area contributed by atoms with Crippen molar-refractivity contribution in [1.82, 2.24) is 9.36 Å². The number of nitrogens with two attached hydrogens (primary N) is 1. The molecule has 0 unspecified atom stereocenters. The van der Waals surface area contributed by atoms with Crippen LogP contribution in [0.3, 0.4) is 0 Å². The highest BCUT2D eigenvalue weighted by molar-refractivity contribution is 7.15. The monoisotopic (exact) mass is 314 g/mol. The fourth-order valence-corrected chi connectivity index (χ4v) is 3.24. The number of aromatic nitrogens is 2. The number of nitrogen functional groups attached to an aromatic ring is 1. The van der Waals surface area contributed by atoms with Crippen LogP contribution in [0.1, 0.15) is 5.69 Å². The molecule has 0 fully saturated rings. The van der Waals surface area contributed by atoms with Crippen LogP contribution in [0.15, 0.2) is 5.38 Å². The zero-order valence-electron chi connectivity index (χ0n) is 11.5. The van der Waals surface area contributed by atoms with Crippen LogP contribution in [0.25, 0.3) is 10.6 Å². The van der Waals surface area contributed by atoms with Gasteiger partial charge in [-0.05, 0) is 18.5 Å². The molecule has 20 heavy (non-hydrogen) atoms. The lowest BCUT2D eigenvalue weighted by Gasteiger charge is -2.06. The Hall–Kier alpha value is -1.22. The van der Waals surface area contributed by atoms with Crippen LogP contribution in [0, 0.1) is 6.92 Å². The van der Waals surface area contributed by atoms with E-state index in [1.807, 2.05) is 12.3 Å². The van der Waals surface area contributed by atoms with Crippen molar-refractivity contribution in [3.63, 3.8) is 0 Å². The largest absolute Gasteiger partial charge is 0.382 e. The maximum absolute atomic E-state index is 5.93. The average Bonchev–Trinajstić information content (AvgIpc) is 3.00. The number of anilines is 2. The van der Waals surface area contributed by atoms with Gasteiger partial charge in [0.05, 0.1) is 25.4 Å². The van der Waals surface area contributed by atoms with Gasteiger partial charge in [-0.1, -0.05) is 0 Å². The molecule has 2 aromatic rings. The van der Waals surface area contributed by atoms with Crippen LogP contribution >= 0.6 is 22.9 Å². The number of methoxy groups -OCH3 is 1. The van der Waals surface area contributed by atoms with Gasteiger partial charge in [0.1, 0.15) is 15.8 Å². The molecule has 0 radical (unpaired) electrons. The van der Waals surface area contributed by atoms with E-state index in [1.165, 1.54) is 11.5 Å². The first-order chi connectivity index (χ1) is 9.72. The highest BCUT2D eigenvalue weighted by Crippen LogP contribution is 2.38. The van der Waals surface area contributed by atoms with E-state index in [1.54, 1.807) is 18.4 Å². The summed E-state index contributed by atoms with van der Waals surface area (Å²) in [5.41, 5.74) is 7.81. The fourth-order valence-electron chi connectivity index (χ4n) is 1.58. The number of thiazole rings is 1. The minimum atomic E-state index is 0.521. The molecule has 0 bridgehead atoms. The Morgan fingerprint density at radius 3 is 2.90 bits per heavy atom. The number of nitrogens with zero attached hydrogens (tertiary/aromatic N) is 2. The summed E-state index contributed by atoms with van der Waals surface area (Å²) in [6, 6.07) is 0. The maximum Gasteiger partial charge on any atom is 0.149 e. The summed E-state index contributed by atoms with van der Waals surface area (Å²) in [6.45, 7) is 4.48. The van der Waals surface area contributed by atoms with Crippen molar-refractivity contribution >= 4 is 33.7 Å². The van der Waals surface area contributed by atoms with E-state index < -0.39 is 0 Å². The predicted octanol–water partition coefficient (Wildman–Crippen LogP) is 2.23. The maximum atomic E-state index is 5.93. The molecule has 110 valence electrons. The minimum Gasteiger partial charge on any atom is -0.382 e. The summed E-state index contributed by atoms with van der Waals surface area (Å²) < 4.78 is 14.5. The number of rotatable bonds is 8. The normalized spacial score (nSPS) is 10.9. The molecule has 0 saturated heterocycles. The zero-order chi connectivity index (χ0) is 14.4. The van der Waals surface area contributed by atoms with Crippen molar-refractivity contribution in [2.24, 2.45) is 0 Å². The molecule has 2 heterocycles. The van der Waals surface area contributed by atoms with Crippen LogP contribution in [-0.4, -0.2) is 42.8 Å². The standard InChI is InChI=1S/C12H18N4O2S2/c1-8-7-19-12(15-8)9-10(13)16-20-11(9)14-3-4-18-6-5-17-2/h7,14H,3-6H2,1-2H3,(H2,13,16). The Morgan fingerprint density at radius 2 is 2.20 bits per heavy atom. The number of aryl methyl sites for hydroxylation is 1. The van der Waals surface area contributed by atoms with Crippen LogP contribution in [0.4, 0.5) is 10.8 Å². The Kier molecular flexibility index (Phi) is 5.72. The van der Waals surface area contributed by atoms with Crippen molar-refractivity contribution in [1.29, 1.82) is 0 Å². The summed E-state index contributed by atoms with van der Waals surface area (Å²) in [5.74, 6) is 0.521. The Bertz CT molecular complexity index is 541. The summed E-state index contributed by atoms with van der Waals surface area (Å²) in [6.07, 6.45) is 0. The van der Waals surface area contributed by atoms with Gasteiger partial charge in [-0.2, -0.15) is 4.37 Å². The molecule has 2 rings (SSSR count). The van der Waals surface area contributed by atoms with E-state index in [2.05, 4.69) is 14.7 Å². The van der Waals surface area contributed by atoms with Gasteiger partial charge in [0.25, 0.3) is 0 Å². The van der Waals surface area contributed by atoms with E-state index in [0.717, 1.165) is 21.3 Å². The molecule has 2 aromatic heterocycles. The molecule has 3 N–H and O–H groups in total. The average molecular weight is 314 g/mol. The van der Waals surface area contributed by atoms with Crippen LogP contribution in [0.2, 0.25) is 0 Å². The molecule has 0 saturated carbocycles. The molecule has 0 spiro atoms. The zero-order valence-corrected chi connectivity index (χ0v) is 13.1. The van der Waals surface area contributed by atoms with Crippen molar-refractivity contribution in [2.45, 2.75) is 6.92 Å². The first-order valence-corrected chi connectivity index (χ1v) is 7.86. The fraction of sp³-hybridized carbons (Fsp3) is 0.500. The Balaban J connectivity index is 1.92. The van der Waals surface area contributed by atoms with Gasteiger partial charge in [0.2, 0.25) is 0 Å². The third-order valence-corrected chi connectivity index (χ3v) is 4.31. The lowest BCUT2D eigenvalue weighted by molar-refractivity contribution is 0.0759. The third kappa shape index (κ3) is 3.89. The Labute approximate surface area is 126 Å². The van der Waals surface area contributed by atoms with Gasteiger partial charge in [0, 0.05) is 24.7 Å². The number of hydrogen-bond acceptors (Lipinski definition) is 8. The molecule has 0 amide bonds. The Morgan fingerprint density at radius 1 is 1.35 bits per heavy atom. The summed E-state index contributed by atoms with van der Waals surface area (Å²) in [5, 5.41) is 7.14. The van der Waals surface area contributed by atoms with Crippen LogP contribution in [0.5, 0.6) is 0 Å². The smallest absolute Gasteiger partial charge is 0.149 e. The van der Waals surface area contributed by atoms with E-state index >= 15 is 0 Å². The summed E-state index contributed by atoms with van der Waals surface area (Å²) in [7, 11) is 1.66.